The van der Waals surface area contributed by atoms with Gasteiger partial charge in [-0.1, -0.05) is 0 Å². The molecule has 5 heteroatoms. The Labute approximate surface area is 115 Å². The number of rotatable bonds is 3. The van der Waals surface area contributed by atoms with E-state index in [9.17, 15) is 4.79 Å². The number of aryl methyl sites for hydroxylation is 2. The summed E-state index contributed by atoms with van der Waals surface area (Å²) in [4.78, 5) is 17.9. The highest BCUT2D eigenvalue weighted by molar-refractivity contribution is 7.14. The minimum Gasteiger partial charge on any atom is -0.266 e. The Kier molecular flexibility index (Phi) is 3.37. The van der Waals surface area contributed by atoms with Gasteiger partial charge in [0.05, 0.1) is 11.1 Å². The summed E-state index contributed by atoms with van der Waals surface area (Å²) >= 11 is 1.58. The van der Waals surface area contributed by atoms with Crippen LogP contribution in [0.4, 0.5) is 0 Å². The van der Waals surface area contributed by atoms with Gasteiger partial charge in [0.1, 0.15) is 0 Å². The van der Waals surface area contributed by atoms with Gasteiger partial charge in [-0.25, -0.2) is 5.43 Å². The third-order valence-electron chi connectivity index (χ3n) is 3.06. The van der Waals surface area contributed by atoms with Crippen molar-refractivity contribution in [1.29, 1.82) is 0 Å². The first-order chi connectivity index (χ1) is 9.33. The monoisotopic (exact) mass is 271 g/mol. The number of pyridine rings is 1. The molecule has 1 N–H and O–H groups in total. The molecule has 1 aliphatic carbocycles. The first-order valence-electron chi connectivity index (χ1n) is 6.18. The number of carbonyl (C=O) groups is 1. The number of carbonyl (C=O) groups excluding carboxylic acids is 1. The third-order valence-corrected chi connectivity index (χ3v) is 4.29. The van der Waals surface area contributed by atoms with Crippen molar-refractivity contribution in [2.24, 2.45) is 5.10 Å². The largest absolute Gasteiger partial charge is 0.281 e. The second kappa shape index (κ2) is 5.32. The smallest absolute Gasteiger partial charge is 0.266 e. The van der Waals surface area contributed by atoms with Crippen molar-refractivity contribution in [3.05, 3.63) is 51.5 Å². The van der Waals surface area contributed by atoms with E-state index in [1.54, 1.807) is 29.9 Å². The number of hydrazone groups is 1. The number of nitrogens with zero attached hydrogens (tertiary/aromatic N) is 2. The van der Waals surface area contributed by atoms with Crippen LogP contribution in [0.2, 0.25) is 0 Å². The van der Waals surface area contributed by atoms with Gasteiger partial charge >= 0.3 is 0 Å². The molecule has 0 saturated heterocycles. The standard InChI is InChI=1S/C14H13N3OS/c18-14(13-8-11-2-1-3-12(11)19-13)17-16-9-10-4-6-15-7-5-10/h4-9H,1-3H2,(H,17,18)/b16-9-. The van der Waals surface area contributed by atoms with E-state index in [0.29, 0.717) is 0 Å². The lowest BCUT2D eigenvalue weighted by atomic mass is 10.2. The van der Waals surface area contributed by atoms with Crippen LogP contribution in [-0.2, 0) is 12.8 Å². The number of thiophene rings is 1. The van der Waals surface area contributed by atoms with Crippen LogP contribution in [0.15, 0.2) is 35.7 Å². The van der Waals surface area contributed by atoms with Gasteiger partial charge in [0.15, 0.2) is 0 Å². The van der Waals surface area contributed by atoms with E-state index >= 15 is 0 Å². The first-order valence-corrected chi connectivity index (χ1v) is 6.99. The van der Waals surface area contributed by atoms with E-state index < -0.39 is 0 Å². The summed E-state index contributed by atoms with van der Waals surface area (Å²) in [6.45, 7) is 0. The fourth-order valence-electron chi connectivity index (χ4n) is 2.11. The number of amides is 1. The molecule has 0 aromatic carbocycles. The average Bonchev–Trinajstić information content (AvgIpc) is 3.00. The van der Waals surface area contributed by atoms with Crippen molar-refractivity contribution in [3.63, 3.8) is 0 Å². The van der Waals surface area contributed by atoms with Crippen molar-refractivity contribution in [2.75, 3.05) is 0 Å². The van der Waals surface area contributed by atoms with E-state index in [2.05, 4.69) is 15.5 Å². The van der Waals surface area contributed by atoms with E-state index in [4.69, 9.17) is 0 Å². The molecule has 0 bridgehead atoms. The van der Waals surface area contributed by atoms with Gasteiger partial charge in [0.2, 0.25) is 0 Å². The number of fused-ring (bicyclic) bond motifs is 1. The number of aromatic nitrogens is 1. The number of hydrogen-bond donors (Lipinski definition) is 1. The Bertz CT molecular complexity index is 597. The highest BCUT2D eigenvalue weighted by Gasteiger charge is 2.17. The summed E-state index contributed by atoms with van der Waals surface area (Å²) in [6, 6.07) is 5.65. The molecule has 0 atom stereocenters. The summed E-state index contributed by atoms with van der Waals surface area (Å²) < 4.78 is 0. The highest BCUT2D eigenvalue weighted by atomic mass is 32.1. The predicted molar refractivity (Wildman–Crippen MR) is 75.6 cm³/mol. The van der Waals surface area contributed by atoms with Gasteiger partial charge in [-0.05, 0) is 48.6 Å². The molecule has 96 valence electrons. The van der Waals surface area contributed by atoms with Gasteiger partial charge < -0.3 is 0 Å². The summed E-state index contributed by atoms with van der Waals surface area (Å²) in [5.41, 5.74) is 4.79. The molecule has 0 spiro atoms. The molecular formula is C14H13N3OS. The SMILES string of the molecule is O=C(N/N=C\c1ccncc1)c1cc2c(s1)CCC2. The second-order valence-corrected chi connectivity index (χ2v) is 5.53. The molecule has 19 heavy (non-hydrogen) atoms. The van der Waals surface area contributed by atoms with Crippen LogP contribution >= 0.6 is 11.3 Å². The number of nitrogens with one attached hydrogen (secondary N) is 1. The molecule has 2 aromatic rings. The molecule has 0 unspecified atom stereocenters. The van der Waals surface area contributed by atoms with Gasteiger partial charge in [-0.2, -0.15) is 5.10 Å². The van der Waals surface area contributed by atoms with Crippen molar-refractivity contribution < 1.29 is 4.79 Å². The number of hydrogen-bond acceptors (Lipinski definition) is 4. The summed E-state index contributed by atoms with van der Waals surface area (Å²) in [6.07, 6.45) is 8.40. The maximum atomic E-state index is 11.9. The summed E-state index contributed by atoms with van der Waals surface area (Å²) in [7, 11) is 0. The van der Waals surface area contributed by atoms with Gasteiger partial charge in [0, 0.05) is 17.3 Å². The predicted octanol–water partition coefficient (Wildman–Crippen LogP) is 2.40. The lowest BCUT2D eigenvalue weighted by Crippen LogP contribution is -2.16. The molecule has 2 aromatic heterocycles. The Hall–Kier alpha value is -2.01. The van der Waals surface area contributed by atoms with Gasteiger partial charge in [0.25, 0.3) is 5.91 Å². The highest BCUT2D eigenvalue weighted by Crippen LogP contribution is 2.30. The van der Waals surface area contributed by atoms with Crippen LogP contribution in [0.1, 0.15) is 32.1 Å². The first kappa shape index (κ1) is 12.0. The molecule has 1 aliphatic rings. The zero-order valence-corrected chi connectivity index (χ0v) is 11.1. The summed E-state index contributed by atoms with van der Waals surface area (Å²) in [5.74, 6) is -0.135. The van der Waals surface area contributed by atoms with Crippen LogP contribution in [0.3, 0.4) is 0 Å². The van der Waals surface area contributed by atoms with E-state index in [-0.39, 0.29) is 5.91 Å². The molecule has 0 saturated carbocycles. The van der Waals surface area contributed by atoms with Crippen LogP contribution in [0, 0.1) is 0 Å². The molecular weight excluding hydrogens is 258 g/mol. The fraction of sp³-hybridized carbons (Fsp3) is 0.214. The maximum absolute atomic E-state index is 11.9. The van der Waals surface area contributed by atoms with E-state index in [1.165, 1.54) is 16.9 Å². The quantitative estimate of drug-likeness (QED) is 0.688. The molecule has 1 amide bonds. The Morgan fingerprint density at radius 1 is 1.37 bits per heavy atom. The fourth-order valence-corrected chi connectivity index (χ4v) is 3.25. The molecule has 0 aliphatic heterocycles. The molecule has 0 radical (unpaired) electrons. The van der Waals surface area contributed by atoms with Crippen LogP contribution in [0.5, 0.6) is 0 Å². The molecule has 0 fully saturated rings. The Balaban J connectivity index is 1.63. The van der Waals surface area contributed by atoms with E-state index in [1.807, 2.05) is 18.2 Å². The van der Waals surface area contributed by atoms with Crippen LogP contribution in [0.25, 0.3) is 0 Å². The minimum atomic E-state index is -0.135. The van der Waals surface area contributed by atoms with Crippen LogP contribution in [-0.4, -0.2) is 17.1 Å². The van der Waals surface area contributed by atoms with E-state index in [0.717, 1.165) is 23.3 Å². The van der Waals surface area contributed by atoms with Gasteiger partial charge in [-0.3, -0.25) is 9.78 Å². The average molecular weight is 271 g/mol. The third kappa shape index (κ3) is 2.71. The topological polar surface area (TPSA) is 54.4 Å². The molecule has 2 heterocycles. The van der Waals surface area contributed by atoms with Crippen molar-refractivity contribution in [2.45, 2.75) is 19.3 Å². The Morgan fingerprint density at radius 3 is 3.00 bits per heavy atom. The normalized spacial score (nSPS) is 13.7. The summed E-state index contributed by atoms with van der Waals surface area (Å²) in [5, 5.41) is 3.96. The minimum absolute atomic E-state index is 0.135. The zero-order valence-electron chi connectivity index (χ0n) is 10.3. The second-order valence-electron chi connectivity index (χ2n) is 4.39. The lowest BCUT2D eigenvalue weighted by molar-refractivity contribution is 0.0959. The lowest BCUT2D eigenvalue weighted by Gasteiger charge is -1.96. The zero-order chi connectivity index (χ0) is 13.1. The molecule has 4 nitrogen and oxygen atoms in total. The Morgan fingerprint density at radius 2 is 2.21 bits per heavy atom. The van der Waals surface area contributed by atoms with Crippen LogP contribution < -0.4 is 5.43 Å². The maximum Gasteiger partial charge on any atom is 0.281 e. The van der Waals surface area contributed by atoms with Gasteiger partial charge in [-0.15, -0.1) is 11.3 Å². The van der Waals surface area contributed by atoms with Crippen molar-refractivity contribution >= 4 is 23.5 Å². The molecule has 3 rings (SSSR count). The van der Waals surface area contributed by atoms with Crippen molar-refractivity contribution in [1.82, 2.24) is 10.4 Å². The van der Waals surface area contributed by atoms with Crippen molar-refractivity contribution in [3.8, 4) is 0 Å².